The Bertz CT molecular complexity index is 686. The van der Waals surface area contributed by atoms with Gasteiger partial charge in [0, 0.05) is 30.7 Å². The van der Waals surface area contributed by atoms with Crippen molar-refractivity contribution in [3.63, 3.8) is 0 Å². The smallest absolute Gasteiger partial charge is 0.258 e. The molecule has 1 N–H and O–H groups in total. The van der Waals surface area contributed by atoms with Crippen LogP contribution >= 0.6 is 24.0 Å². The quantitative estimate of drug-likeness (QED) is 0.847. The van der Waals surface area contributed by atoms with E-state index in [1.165, 1.54) is 16.7 Å². The summed E-state index contributed by atoms with van der Waals surface area (Å²) in [5.74, 6) is 0.603. The minimum Gasteiger partial charge on any atom is -0.351 e. The highest BCUT2D eigenvalue weighted by molar-refractivity contribution is 6.18. The van der Waals surface area contributed by atoms with Crippen LogP contribution < -0.4 is 10.9 Å². The Morgan fingerprint density at radius 2 is 1.95 bits per heavy atom. The number of hydrogen-bond acceptors (Lipinski definition) is 3. The molecule has 0 saturated heterocycles. The predicted octanol–water partition coefficient (Wildman–Crippen LogP) is 3.04. The molecule has 0 saturated carbocycles. The van der Waals surface area contributed by atoms with Gasteiger partial charge in [0.1, 0.15) is 5.82 Å². The van der Waals surface area contributed by atoms with Crippen molar-refractivity contribution in [1.29, 1.82) is 0 Å². The van der Waals surface area contributed by atoms with Crippen molar-refractivity contribution in [2.45, 2.75) is 19.9 Å². The molecule has 0 aliphatic heterocycles. The zero-order chi connectivity index (χ0) is 15.4. The Labute approximate surface area is 139 Å². The lowest BCUT2D eigenvalue weighted by molar-refractivity contribution is 0.627. The number of hydrogen-bond donors (Lipinski definition) is 1. The Balaban J connectivity index is 0.00000242. The molecule has 7 heteroatoms. The molecule has 120 valence electrons. The van der Waals surface area contributed by atoms with E-state index in [9.17, 15) is 9.18 Å². The van der Waals surface area contributed by atoms with Gasteiger partial charge in [-0.05, 0) is 31.0 Å². The predicted molar refractivity (Wildman–Crippen MR) is 89.6 cm³/mol. The van der Waals surface area contributed by atoms with E-state index in [1.54, 1.807) is 26.1 Å². The van der Waals surface area contributed by atoms with E-state index in [1.807, 2.05) is 0 Å². The van der Waals surface area contributed by atoms with E-state index in [0.29, 0.717) is 36.1 Å². The third-order valence-corrected chi connectivity index (χ3v) is 3.49. The highest BCUT2D eigenvalue weighted by atomic mass is 35.5. The highest BCUT2D eigenvalue weighted by Crippen LogP contribution is 2.09. The first-order valence-corrected chi connectivity index (χ1v) is 7.17. The van der Waals surface area contributed by atoms with Crippen molar-refractivity contribution in [2.75, 3.05) is 11.2 Å². The highest BCUT2D eigenvalue weighted by Gasteiger charge is 2.11. The number of halogens is 3. The second-order valence-electron chi connectivity index (χ2n) is 4.78. The summed E-state index contributed by atoms with van der Waals surface area (Å²) in [6.07, 6.45) is 0.505. The summed E-state index contributed by atoms with van der Waals surface area (Å²) in [6.45, 7) is 2.27. The van der Waals surface area contributed by atoms with Crippen LogP contribution in [-0.4, -0.2) is 15.4 Å². The third kappa shape index (κ3) is 4.21. The molecule has 0 atom stereocenters. The molecular formula is C15H18Cl2FN3O. The van der Waals surface area contributed by atoms with Crippen LogP contribution in [0.5, 0.6) is 0 Å². The van der Waals surface area contributed by atoms with Gasteiger partial charge in [0.15, 0.2) is 0 Å². The van der Waals surface area contributed by atoms with Crippen LogP contribution in [0.3, 0.4) is 0 Å². The molecule has 1 aromatic carbocycles. The maximum absolute atomic E-state index is 12.8. The Morgan fingerprint density at radius 3 is 2.55 bits per heavy atom. The number of aromatic nitrogens is 2. The van der Waals surface area contributed by atoms with Gasteiger partial charge in [-0.1, -0.05) is 12.1 Å². The van der Waals surface area contributed by atoms with Gasteiger partial charge in [0.2, 0.25) is 5.95 Å². The number of benzene rings is 1. The van der Waals surface area contributed by atoms with Crippen molar-refractivity contribution >= 4 is 30.0 Å². The van der Waals surface area contributed by atoms with E-state index in [2.05, 4.69) is 10.3 Å². The molecule has 0 spiro atoms. The number of rotatable bonds is 5. The van der Waals surface area contributed by atoms with Gasteiger partial charge in [-0.3, -0.25) is 9.36 Å². The van der Waals surface area contributed by atoms with Crippen LogP contribution in [0.15, 0.2) is 29.1 Å². The monoisotopic (exact) mass is 345 g/mol. The summed E-state index contributed by atoms with van der Waals surface area (Å²) in [5.41, 5.74) is 2.14. The number of alkyl halides is 1. The van der Waals surface area contributed by atoms with Crippen LogP contribution in [-0.2, 0) is 20.0 Å². The first-order chi connectivity index (χ1) is 10.0. The molecule has 2 rings (SSSR count). The van der Waals surface area contributed by atoms with Crippen molar-refractivity contribution in [2.24, 2.45) is 7.05 Å². The SMILES string of the molecule is Cc1nc(NCc2ccc(F)cc2)n(C)c(=O)c1CCCl.Cl. The molecule has 2 aromatic rings. The van der Waals surface area contributed by atoms with Crippen LogP contribution in [0.4, 0.5) is 10.3 Å². The van der Waals surface area contributed by atoms with Gasteiger partial charge in [-0.2, -0.15) is 0 Å². The van der Waals surface area contributed by atoms with Gasteiger partial charge < -0.3 is 5.32 Å². The summed E-state index contributed by atoms with van der Waals surface area (Å²) < 4.78 is 14.3. The van der Waals surface area contributed by atoms with Crippen LogP contribution in [0.25, 0.3) is 0 Å². The topological polar surface area (TPSA) is 46.9 Å². The summed E-state index contributed by atoms with van der Waals surface area (Å²) >= 11 is 5.70. The average Bonchev–Trinajstić information content (AvgIpc) is 2.47. The molecule has 0 bridgehead atoms. The molecule has 0 aliphatic carbocycles. The Morgan fingerprint density at radius 1 is 1.32 bits per heavy atom. The van der Waals surface area contributed by atoms with E-state index in [0.717, 1.165) is 5.56 Å². The van der Waals surface area contributed by atoms with Crippen molar-refractivity contribution in [1.82, 2.24) is 9.55 Å². The molecule has 1 heterocycles. The lowest BCUT2D eigenvalue weighted by Gasteiger charge is -2.13. The lowest BCUT2D eigenvalue weighted by atomic mass is 10.2. The van der Waals surface area contributed by atoms with E-state index in [-0.39, 0.29) is 23.8 Å². The minimum atomic E-state index is -0.273. The van der Waals surface area contributed by atoms with Crippen molar-refractivity contribution in [3.8, 4) is 0 Å². The zero-order valence-corrected chi connectivity index (χ0v) is 14.0. The second-order valence-corrected chi connectivity index (χ2v) is 5.16. The van der Waals surface area contributed by atoms with Gasteiger partial charge in [-0.15, -0.1) is 24.0 Å². The molecule has 0 unspecified atom stereocenters. The molecule has 4 nitrogen and oxygen atoms in total. The molecule has 1 aromatic heterocycles. The van der Waals surface area contributed by atoms with Gasteiger partial charge in [0.25, 0.3) is 5.56 Å². The largest absolute Gasteiger partial charge is 0.351 e. The fourth-order valence-corrected chi connectivity index (χ4v) is 2.27. The van der Waals surface area contributed by atoms with Gasteiger partial charge in [-0.25, -0.2) is 9.37 Å². The summed E-state index contributed by atoms with van der Waals surface area (Å²) in [4.78, 5) is 16.6. The van der Waals surface area contributed by atoms with Crippen LogP contribution in [0.1, 0.15) is 16.8 Å². The number of nitrogens with zero attached hydrogens (tertiary/aromatic N) is 2. The number of aryl methyl sites for hydroxylation is 1. The average molecular weight is 346 g/mol. The first-order valence-electron chi connectivity index (χ1n) is 6.63. The summed E-state index contributed by atoms with van der Waals surface area (Å²) in [6, 6.07) is 6.18. The second kappa shape index (κ2) is 8.15. The zero-order valence-electron chi connectivity index (χ0n) is 12.4. The van der Waals surface area contributed by atoms with Gasteiger partial charge in [0.05, 0.1) is 0 Å². The molecule has 22 heavy (non-hydrogen) atoms. The minimum absolute atomic E-state index is 0. The fraction of sp³-hybridized carbons (Fsp3) is 0.333. The van der Waals surface area contributed by atoms with Crippen molar-refractivity contribution in [3.05, 3.63) is 57.3 Å². The number of nitrogens with one attached hydrogen (secondary N) is 1. The lowest BCUT2D eigenvalue weighted by Crippen LogP contribution is -2.27. The first kappa shape index (κ1) is 18.5. The molecule has 0 aliphatic rings. The fourth-order valence-electron chi connectivity index (χ4n) is 2.08. The molecule has 0 radical (unpaired) electrons. The van der Waals surface area contributed by atoms with Crippen molar-refractivity contribution < 1.29 is 4.39 Å². The summed E-state index contributed by atoms with van der Waals surface area (Å²) in [5, 5.41) is 3.10. The number of anilines is 1. The van der Waals surface area contributed by atoms with Crippen LogP contribution in [0.2, 0.25) is 0 Å². The molecular weight excluding hydrogens is 328 g/mol. The van der Waals surface area contributed by atoms with E-state index >= 15 is 0 Å². The standard InChI is InChI=1S/C15H17ClFN3O.ClH/c1-10-13(7-8-16)14(21)20(2)15(19-10)18-9-11-3-5-12(17)6-4-11;/h3-6H,7-9H2,1-2H3,(H,18,19);1H. The Hall–Kier alpha value is -1.59. The Kier molecular flexibility index (Phi) is 6.84. The molecule has 0 amide bonds. The summed E-state index contributed by atoms with van der Waals surface area (Å²) in [7, 11) is 1.67. The van der Waals surface area contributed by atoms with E-state index < -0.39 is 0 Å². The maximum Gasteiger partial charge on any atom is 0.258 e. The van der Waals surface area contributed by atoms with E-state index in [4.69, 9.17) is 11.6 Å². The third-order valence-electron chi connectivity index (χ3n) is 3.30. The normalized spacial score (nSPS) is 10.2. The molecule has 0 fully saturated rings. The van der Waals surface area contributed by atoms with Gasteiger partial charge >= 0.3 is 0 Å². The maximum atomic E-state index is 12.8. The van der Waals surface area contributed by atoms with Crippen LogP contribution in [0, 0.1) is 12.7 Å².